The lowest BCUT2D eigenvalue weighted by Gasteiger charge is -2.34. The Morgan fingerprint density at radius 1 is 0.941 bits per heavy atom. The molecule has 11 nitrogen and oxygen atoms in total. The Hall–Kier alpha value is -2.04. The van der Waals surface area contributed by atoms with Crippen LogP contribution in [0.4, 0.5) is 0 Å². The average molecular weight is 244 g/mol. The highest BCUT2D eigenvalue weighted by Crippen LogP contribution is 2.28. The SMILES string of the molecule is N=NC1C(N=O)OC(CN=O)C(N=O)[C@@H]1N=O. The second-order valence-corrected chi connectivity index (χ2v) is 3.29. The van der Waals surface area contributed by atoms with Gasteiger partial charge in [-0.15, -0.1) is 4.91 Å². The summed E-state index contributed by atoms with van der Waals surface area (Å²) < 4.78 is 4.94. The number of hydrogen-bond acceptors (Lipinski definition) is 11. The number of hydrogen-bond donors (Lipinski definition) is 1. The van der Waals surface area contributed by atoms with Crippen molar-refractivity contribution in [3.05, 3.63) is 19.6 Å². The van der Waals surface area contributed by atoms with Crippen molar-refractivity contribution in [2.75, 3.05) is 6.54 Å². The molecule has 5 atom stereocenters. The first kappa shape index (κ1) is 13.0. The van der Waals surface area contributed by atoms with Crippen LogP contribution < -0.4 is 0 Å². The molecule has 11 heteroatoms. The van der Waals surface area contributed by atoms with Gasteiger partial charge < -0.3 is 4.74 Å². The predicted molar refractivity (Wildman–Crippen MR) is 53.2 cm³/mol. The van der Waals surface area contributed by atoms with Gasteiger partial charge in [-0.3, -0.25) is 0 Å². The smallest absolute Gasteiger partial charge is 0.216 e. The van der Waals surface area contributed by atoms with Crippen molar-refractivity contribution in [3.8, 4) is 0 Å². The number of nitroso groups, excluding NO2 is 4. The van der Waals surface area contributed by atoms with Crippen molar-refractivity contribution in [1.29, 1.82) is 5.53 Å². The zero-order valence-electron chi connectivity index (χ0n) is 8.37. The van der Waals surface area contributed by atoms with E-state index in [0.717, 1.165) is 0 Å². The highest BCUT2D eigenvalue weighted by atomic mass is 16.5. The standard InChI is InChI=1S/C6H8N6O5/c7-9-5-4(11-15)3(10-14)2(1-8-13)17-6(5)12-16/h2-7H,1H2/t2?,3?,4-,5?,6?/m0/s1. The van der Waals surface area contributed by atoms with Crippen molar-refractivity contribution >= 4 is 0 Å². The highest BCUT2D eigenvalue weighted by molar-refractivity contribution is 5.03. The van der Waals surface area contributed by atoms with Crippen LogP contribution >= 0.6 is 0 Å². The fraction of sp³-hybridized carbons (Fsp3) is 1.00. The van der Waals surface area contributed by atoms with E-state index >= 15 is 0 Å². The Morgan fingerprint density at radius 3 is 2.00 bits per heavy atom. The number of rotatable bonds is 6. The van der Waals surface area contributed by atoms with Gasteiger partial charge in [0.1, 0.15) is 30.8 Å². The summed E-state index contributed by atoms with van der Waals surface area (Å²) in [5.74, 6) is 0. The molecular formula is C6H8N6O5. The summed E-state index contributed by atoms with van der Waals surface area (Å²) in [5.41, 5.74) is 6.82. The zero-order chi connectivity index (χ0) is 12.8. The van der Waals surface area contributed by atoms with Gasteiger partial charge in [-0.05, 0) is 5.18 Å². The summed E-state index contributed by atoms with van der Waals surface area (Å²) in [6.45, 7) is -0.473. The van der Waals surface area contributed by atoms with Gasteiger partial charge in [0.25, 0.3) is 0 Å². The fourth-order valence-corrected chi connectivity index (χ4v) is 1.64. The van der Waals surface area contributed by atoms with Gasteiger partial charge in [0, 0.05) is 0 Å². The van der Waals surface area contributed by atoms with Crippen LogP contribution in [0.1, 0.15) is 0 Å². The van der Waals surface area contributed by atoms with Gasteiger partial charge in [-0.1, -0.05) is 15.5 Å². The number of nitrogens with one attached hydrogen (secondary N) is 1. The molecular weight excluding hydrogens is 236 g/mol. The maximum Gasteiger partial charge on any atom is 0.216 e. The largest absolute Gasteiger partial charge is 0.343 e. The molecule has 0 bridgehead atoms. The van der Waals surface area contributed by atoms with Crippen LogP contribution in [0.3, 0.4) is 0 Å². The van der Waals surface area contributed by atoms with Crippen molar-refractivity contribution < 1.29 is 4.74 Å². The number of ether oxygens (including phenoxy) is 1. The van der Waals surface area contributed by atoms with Gasteiger partial charge in [-0.2, -0.15) is 19.8 Å². The van der Waals surface area contributed by atoms with Gasteiger partial charge in [-0.25, -0.2) is 5.53 Å². The van der Waals surface area contributed by atoms with Crippen LogP contribution in [0.25, 0.3) is 0 Å². The molecule has 0 saturated carbocycles. The van der Waals surface area contributed by atoms with Crippen molar-refractivity contribution in [1.82, 2.24) is 0 Å². The lowest BCUT2D eigenvalue weighted by atomic mass is 9.93. The Balaban J connectivity index is 3.03. The molecule has 0 aliphatic carbocycles. The van der Waals surface area contributed by atoms with Crippen LogP contribution in [0.15, 0.2) is 25.8 Å². The van der Waals surface area contributed by atoms with Crippen LogP contribution in [0, 0.1) is 25.2 Å². The monoisotopic (exact) mass is 244 g/mol. The first-order valence-electron chi connectivity index (χ1n) is 4.52. The molecule has 0 aromatic heterocycles. The van der Waals surface area contributed by atoms with E-state index in [4.69, 9.17) is 10.3 Å². The molecule has 4 unspecified atom stereocenters. The minimum absolute atomic E-state index is 0.473. The van der Waals surface area contributed by atoms with E-state index in [1.807, 2.05) is 0 Å². The molecule has 92 valence electrons. The van der Waals surface area contributed by atoms with Crippen LogP contribution in [0.2, 0.25) is 0 Å². The second-order valence-electron chi connectivity index (χ2n) is 3.29. The highest BCUT2D eigenvalue weighted by Gasteiger charge is 2.49. The van der Waals surface area contributed by atoms with Crippen molar-refractivity contribution in [3.63, 3.8) is 0 Å². The topological polar surface area (TPSA) is 163 Å². The van der Waals surface area contributed by atoms with E-state index in [0.29, 0.717) is 0 Å². The van der Waals surface area contributed by atoms with E-state index in [9.17, 15) is 19.6 Å². The summed E-state index contributed by atoms with van der Waals surface area (Å²) in [5, 5.41) is 13.2. The quantitative estimate of drug-likeness (QED) is 0.541. The Bertz CT molecular complexity index is 337. The first-order chi connectivity index (χ1) is 8.23. The van der Waals surface area contributed by atoms with Crippen molar-refractivity contribution in [2.24, 2.45) is 25.8 Å². The number of nitrogens with zero attached hydrogens (tertiary/aromatic N) is 5. The van der Waals surface area contributed by atoms with E-state index in [1.54, 1.807) is 0 Å². The first-order valence-corrected chi connectivity index (χ1v) is 4.52. The second kappa shape index (κ2) is 5.89. The van der Waals surface area contributed by atoms with E-state index in [2.05, 4.69) is 25.8 Å². The van der Waals surface area contributed by atoms with Crippen molar-refractivity contribution in [2.45, 2.75) is 30.5 Å². The Morgan fingerprint density at radius 2 is 1.59 bits per heavy atom. The summed E-state index contributed by atoms with van der Waals surface area (Å²) in [6.07, 6.45) is -2.62. The molecule has 1 fully saturated rings. The van der Waals surface area contributed by atoms with E-state index in [-0.39, 0.29) is 0 Å². The summed E-state index contributed by atoms with van der Waals surface area (Å²) in [6, 6.07) is -3.99. The van der Waals surface area contributed by atoms with Crippen LogP contribution in [-0.2, 0) is 4.74 Å². The van der Waals surface area contributed by atoms with Gasteiger partial charge in [0.05, 0.1) is 0 Å². The molecule has 1 aliphatic rings. The summed E-state index contributed by atoms with van der Waals surface area (Å²) >= 11 is 0. The van der Waals surface area contributed by atoms with Gasteiger partial charge >= 0.3 is 0 Å². The lowest BCUT2D eigenvalue weighted by Crippen LogP contribution is -2.55. The molecule has 0 amide bonds. The van der Waals surface area contributed by atoms with Gasteiger partial charge in [0.2, 0.25) is 6.23 Å². The fourth-order valence-electron chi connectivity index (χ4n) is 1.64. The molecule has 1 rings (SSSR count). The molecule has 1 heterocycles. The van der Waals surface area contributed by atoms with E-state index < -0.39 is 37.0 Å². The third-order valence-corrected chi connectivity index (χ3v) is 2.44. The zero-order valence-corrected chi connectivity index (χ0v) is 8.37. The molecule has 17 heavy (non-hydrogen) atoms. The maximum atomic E-state index is 10.6. The lowest BCUT2D eigenvalue weighted by molar-refractivity contribution is -0.0714. The Kier molecular flexibility index (Phi) is 4.51. The molecule has 1 saturated heterocycles. The minimum Gasteiger partial charge on any atom is -0.343 e. The normalized spacial score (nSPS) is 36.8. The summed E-state index contributed by atoms with van der Waals surface area (Å²) in [4.78, 5) is 41.8. The maximum absolute atomic E-state index is 10.6. The molecule has 0 radical (unpaired) electrons. The molecule has 1 aliphatic heterocycles. The average Bonchev–Trinajstić information content (AvgIpc) is 2.37. The third-order valence-electron chi connectivity index (χ3n) is 2.44. The summed E-state index contributed by atoms with van der Waals surface area (Å²) in [7, 11) is 0. The van der Waals surface area contributed by atoms with E-state index in [1.165, 1.54) is 0 Å². The van der Waals surface area contributed by atoms with Crippen LogP contribution in [-0.4, -0.2) is 37.0 Å². The molecule has 1 N–H and O–H groups in total. The molecule has 0 aromatic rings. The van der Waals surface area contributed by atoms with Crippen LogP contribution in [0.5, 0.6) is 0 Å². The Labute approximate surface area is 93.7 Å². The predicted octanol–water partition coefficient (Wildman–Crippen LogP) is 0.914. The molecule has 0 aromatic carbocycles. The minimum atomic E-state index is -1.46. The van der Waals surface area contributed by atoms with Gasteiger partial charge in [0.15, 0.2) is 0 Å². The molecule has 0 spiro atoms. The third kappa shape index (κ3) is 2.38.